The second-order valence-electron chi connectivity index (χ2n) is 3.59. The van der Waals surface area contributed by atoms with E-state index in [1.807, 2.05) is 0 Å². The van der Waals surface area contributed by atoms with Crippen molar-refractivity contribution >= 4 is 27.6 Å². The third kappa shape index (κ3) is 3.24. The Kier molecular flexibility index (Phi) is 5.46. The molecule has 0 aliphatic carbocycles. The highest BCUT2D eigenvalue weighted by molar-refractivity contribution is 9.10. The third-order valence-corrected chi connectivity index (χ3v) is 3.05. The Morgan fingerprint density at radius 1 is 1.60 bits per heavy atom. The molecule has 0 amide bonds. The van der Waals surface area contributed by atoms with Crippen LogP contribution in [-0.4, -0.2) is 24.6 Å². The number of hydrogen-bond acceptors (Lipinski definition) is 5. The van der Waals surface area contributed by atoms with Crippen LogP contribution in [0.5, 0.6) is 5.75 Å². The van der Waals surface area contributed by atoms with Crippen LogP contribution in [0.2, 0.25) is 0 Å². The van der Waals surface area contributed by atoms with Crippen molar-refractivity contribution in [3.63, 3.8) is 0 Å². The standard InChI is InChI=1S/C12H11BrN2O5/c1-4-20-12(16)11(14-2)7-5-10(19-3)8(13)6-9(7)15(17)18/h5-6,11H,4H2,1,3H3. The van der Waals surface area contributed by atoms with Gasteiger partial charge in [0.05, 0.1) is 23.1 Å². The summed E-state index contributed by atoms with van der Waals surface area (Å²) in [7, 11) is 1.38. The zero-order chi connectivity index (χ0) is 15.3. The van der Waals surface area contributed by atoms with Crippen LogP contribution < -0.4 is 4.74 Å². The number of nitro groups is 1. The van der Waals surface area contributed by atoms with Crippen molar-refractivity contribution in [3.05, 3.63) is 43.7 Å². The Morgan fingerprint density at radius 3 is 2.70 bits per heavy atom. The van der Waals surface area contributed by atoms with E-state index in [1.165, 1.54) is 19.2 Å². The van der Waals surface area contributed by atoms with E-state index in [1.54, 1.807) is 6.92 Å². The fourth-order valence-electron chi connectivity index (χ4n) is 1.56. The van der Waals surface area contributed by atoms with Crippen LogP contribution in [-0.2, 0) is 9.53 Å². The summed E-state index contributed by atoms with van der Waals surface area (Å²) in [6, 6.07) is 1.10. The zero-order valence-electron chi connectivity index (χ0n) is 10.8. The van der Waals surface area contributed by atoms with Crippen LogP contribution in [0, 0.1) is 16.7 Å². The summed E-state index contributed by atoms with van der Waals surface area (Å²) in [4.78, 5) is 25.3. The lowest BCUT2D eigenvalue weighted by atomic mass is 10.0. The van der Waals surface area contributed by atoms with Gasteiger partial charge in [0.1, 0.15) is 11.3 Å². The topological polar surface area (TPSA) is 83.0 Å². The van der Waals surface area contributed by atoms with Gasteiger partial charge < -0.3 is 9.47 Å². The number of carbonyl (C=O) groups is 1. The fourth-order valence-corrected chi connectivity index (χ4v) is 2.06. The van der Waals surface area contributed by atoms with Gasteiger partial charge in [-0.2, -0.15) is 0 Å². The van der Waals surface area contributed by atoms with Crippen molar-refractivity contribution < 1.29 is 19.2 Å². The number of esters is 1. The van der Waals surface area contributed by atoms with Crippen molar-refractivity contribution in [2.75, 3.05) is 13.7 Å². The maximum Gasteiger partial charge on any atom is 0.395 e. The molecule has 0 aliphatic rings. The predicted molar refractivity (Wildman–Crippen MR) is 73.3 cm³/mol. The summed E-state index contributed by atoms with van der Waals surface area (Å²) in [6.45, 7) is 8.76. The normalized spacial score (nSPS) is 11.3. The summed E-state index contributed by atoms with van der Waals surface area (Å²) in [5, 5.41) is 11.1. The van der Waals surface area contributed by atoms with Crippen molar-refractivity contribution in [2.45, 2.75) is 13.0 Å². The lowest BCUT2D eigenvalue weighted by Gasteiger charge is -2.09. The summed E-state index contributed by atoms with van der Waals surface area (Å²) in [5.41, 5.74) is -0.393. The van der Waals surface area contributed by atoms with Gasteiger partial charge in [-0.3, -0.25) is 15.0 Å². The van der Waals surface area contributed by atoms with Crippen LogP contribution >= 0.6 is 15.9 Å². The van der Waals surface area contributed by atoms with Gasteiger partial charge in [-0.15, -0.1) is 0 Å². The average Bonchev–Trinajstić information content (AvgIpc) is 2.40. The minimum atomic E-state index is -1.39. The number of methoxy groups -OCH3 is 1. The number of hydrogen-bond donors (Lipinski definition) is 0. The molecule has 7 nitrogen and oxygen atoms in total. The second kappa shape index (κ2) is 6.86. The van der Waals surface area contributed by atoms with Gasteiger partial charge in [0.15, 0.2) is 0 Å². The Bertz CT molecular complexity index is 582. The molecule has 0 saturated heterocycles. The monoisotopic (exact) mass is 342 g/mol. The van der Waals surface area contributed by atoms with Gasteiger partial charge in [0.2, 0.25) is 0 Å². The fraction of sp³-hybridized carbons (Fsp3) is 0.333. The van der Waals surface area contributed by atoms with Crippen LogP contribution in [0.4, 0.5) is 5.69 Å². The summed E-state index contributed by atoms with van der Waals surface area (Å²) < 4.78 is 10.2. The molecule has 0 bridgehead atoms. The molecule has 106 valence electrons. The molecule has 20 heavy (non-hydrogen) atoms. The molecule has 1 aromatic carbocycles. The Morgan fingerprint density at radius 2 is 2.25 bits per heavy atom. The SMILES string of the molecule is [C-]#[N+]C(C(=O)OCC)c1cc(OC)c(Br)cc1[N+](=O)[O-]. The maximum absolute atomic E-state index is 11.7. The first-order valence-electron chi connectivity index (χ1n) is 5.51. The predicted octanol–water partition coefficient (Wildman–Crippen LogP) is 2.89. The molecule has 1 aromatic rings. The minimum absolute atomic E-state index is 0.0523. The molecule has 0 fully saturated rings. The molecule has 0 radical (unpaired) electrons. The number of nitro benzene ring substituents is 1. The van der Waals surface area contributed by atoms with E-state index in [9.17, 15) is 14.9 Å². The number of rotatable bonds is 5. The van der Waals surface area contributed by atoms with E-state index in [0.717, 1.165) is 0 Å². The number of halogens is 1. The Balaban J connectivity index is 3.43. The highest BCUT2D eigenvalue weighted by atomic mass is 79.9. The lowest BCUT2D eigenvalue weighted by molar-refractivity contribution is -0.385. The van der Waals surface area contributed by atoms with E-state index in [-0.39, 0.29) is 17.9 Å². The smallest absolute Gasteiger partial charge is 0.395 e. The first kappa shape index (κ1) is 15.9. The van der Waals surface area contributed by atoms with Crippen molar-refractivity contribution in [1.29, 1.82) is 0 Å². The molecule has 8 heteroatoms. The summed E-state index contributed by atoms with van der Waals surface area (Å²) >= 11 is 3.13. The molecule has 0 saturated carbocycles. The van der Waals surface area contributed by atoms with Crippen molar-refractivity contribution in [3.8, 4) is 5.75 Å². The van der Waals surface area contributed by atoms with Gasteiger partial charge >= 0.3 is 12.0 Å². The maximum atomic E-state index is 11.7. The molecule has 0 aliphatic heterocycles. The average molecular weight is 343 g/mol. The minimum Gasteiger partial charge on any atom is -0.496 e. The van der Waals surface area contributed by atoms with Crippen LogP contribution in [0.1, 0.15) is 18.5 Å². The van der Waals surface area contributed by atoms with Gasteiger partial charge in [-0.1, -0.05) is 0 Å². The summed E-state index contributed by atoms with van der Waals surface area (Å²) in [6.07, 6.45) is 0. The molecule has 1 atom stereocenters. The first-order chi connectivity index (χ1) is 9.46. The van der Waals surface area contributed by atoms with E-state index in [2.05, 4.69) is 20.8 Å². The third-order valence-electron chi connectivity index (χ3n) is 2.43. The van der Waals surface area contributed by atoms with Crippen LogP contribution in [0.15, 0.2) is 16.6 Å². The highest BCUT2D eigenvalue weighted by Crippen LogP contribution is 2.37. The zero-order valence-corrected chi connectivity index (χ0v) is 12.3. The van der Waals surface area contributed by atoms with E-state index >= 15 is 0 Å². The molecule has 0 N–H and O–H groups in total. The second-order valence-corrected chi connectivity index (χ2v) is 4.44. The van der Waals surface area contributed by atoms with Gasteiger partial charge in [0, 0.05) is 6.07 Å². The Hall–Kier alpha value is -2.14. The highest BCUT2D eigenvalue weighted by Gasteiger charge is 2.35. The number of ether oxygens (including phenoxy) is 2. The number of benzene rings is 1. The van der Waals surface area contributed by atoms with Gasteiger partial charge in [-0.05, 0) is 28.9 Å². The molecule has 0 spiro atoms. The molecular formula is C12H11BrN2O5. The van der Waals surface area contributed by atoms with E-state index < -0.39 is 16.9 Å². The van der Waals surface area contributed by atoms with Gasteiger partial charge in [0.25, 0.3) is 5.69 Å². The van der Waals surface area contributed by atoms with E-state index in [4.69, 9.17) is 16.0 Å². The van der Waals surface area contributed by atoms with E-state index in [0.29, 0.717) is 10.2 Å². The van der Waals surface area contributed by atoms with Crippen LogP contribution in [0.25, 0.3) is 4.85 Å². The van der Waals surface area contributed by atoms with Crippen molar-refractivity contribution in [1.82, 2.24) is 0 Å². The van der Waals surface area contributed by atoms with Crippen molar-refractivity contribution in [2.24, 2.45) is 0 Å². The molecule has 1 unspecified atom stereocenters. The molecule has 0 aromatic heterocycles. The van der Waals surface area contributed by atoms with Gasteiger partial charge in [-0.25, -0.2) is 11.4 Å². The molecular weight excluding hydrogens is 332 g/mol. The lowest BCUT2D eigenvalue weighted by Crippen LogP contribution is -2.14. The Labute approximate surface area is 123 Å². The molecule has 0 heterocycles. The number of nitrogens with zero attached hydrogens (tertiary/aromatic N) is 2. The quantitative estimate of drug-likeness (QED) is 0.355. The van der Waals surface area contributed by atoms with Crippen LogP contribution in [0.3, 0.4) is 0 Å². The summed E-state index contributed by atoms with van der Waals surface area (Å²) in [5.74, 6) is -0.529. The largest absolute Gasteiger partial charge is 0.496 e. The first-order valence-corrected chi connectivity index (χ1v) is 6.30. The number of carbonyl (C=O) groups excluding carboxylic acids is 1. The molecule has 1 rings (SSSR count).